The van der Waals surface area contributed by atoms with Crippen LogP contribution in [-0.4, -0.2) is 28.0 Å². The predicted molar refractivity (Wildman–Crippen MR) is 137 cm³/mol. The molecule has 6 nitrogen and oxygen atoms in total. The molecular weight excluding hydrogens is 424 g/mol. The van der Waals surface area contributed by atoms with Crippen LogP contribution in [0.1, 0.15) is 56.5 Å². The number of nitrogens with two attached hydrogens (primary N) is 1. The lowest BCUT2D eigenvalue weighted by atomic mass is 9.79. The summed E-state index contributed by atoms with van der Waals surface area (Å²) in [6.07, 6.45) is 5.21. The fourth-order valence-corrected chi connectivity index (χ4v) is 4.99. The molecule has 1 aliphatic heterocycles. The molecule has 4 N–H and O–H groups in total. The number of pyridine rings is 1. The summed E-state index contributed by atoms with van der Waals surface area (Å²) >= 11 is 0. The lowest BCUT2D eigenvalue weighted by Gasteiger charge is -2.46. The van der Waals surface area contributed by atoms with Crippen molar-refractivity contribution in [1.82, 2.24) is 15.6 Å². The van der Waals surface area contributed by atoms with E-state index < -0.39 is 0 Å². The SMILES string of the molecule is CC1(C)CC(NC(=O)c2ccc(COc3cccc(-c4cncc(N)c4)c3)cc2)CC(C)(C)N1. The fourth-order valence-electron chi connectivity index (χ4n) is 4.99. The maximum Gasteiger partial charge on any atom is 0.251 e. The zero-order valence-corrected chi connectivity index (χ0v) is 20.4. The van der Waals surface area contributed by atoms with Crippen LogP contribution in [0.3, 0.4) is 0 Å². The highest BCUT2D eigenvalue weighted by Crippen LogP contribution is 2.29. The van der Waals surface area contributed by atoms with E-state index in [1.54, 1.807) is 12.4 Å². The molecule has 0 unspecified atom stereocenters. The normalized spacial score (nSPS) is 17.2. The first-order valence-corrected chi connectivity index (χ1v) is 11.7. The van der Waals surface area contributed by atoms with Crippen LogP contribution >= 0.6 is 0 Å². The summed E-state index contributed by atoms with van der Waals surface area (Å²) in [5.41, 5.74) is 10.1. The summed E-state index contributed by atoms with van der Waals surface area (Å²) < 4.78 is 5.99. The van der Waals surface area contributed by atoms with Crippen molar-refractivity contribution in [1.29, 1.82) is 0 Å². The highest BCUT2D eigenvalue weighted by molar-refractivity contribution is 5.94. The molecular formula is C28H34N4O2. The molecule has 178 valence electrons. The third kappa shape index (κ3) is 6.14. The van der Waals surface area contributed by atoms with Crippen LogP contribution in [0, 0.1) is 0 Å². The van der Waals surface area contributed by atoms with Crippen LogP contribution in [0.15, 0.2) is 67.0 Å². The number of benzene rings is 2. The van der Waals surface area contributed by atoms with Crippen LogP contribution in [0.5, 0.6) is 5.75 Å². The van der Waals surface area contributed by atoms with Gasteiger partial charge in [-0.15, -0.1) is 0 Å². The number of nitrogen functional groups attached to an aromatic ring is 1. The Kier molecular flexibility index (Phi) is 6.62. The molecule has 1 fully saturated rings. The molecule has 3 aromatic rings. The number of rotatable bonds is 6. The van der Waals surface area contributed by atoms with Crippen LogP contribution in [0.2, 0.25) is 0 Å². The number of hydrogen-bond donors (Lipinski definition) is 3. The number of piperidine rings is 1. The van der Waals surface area contributed by atoms with Crippen molar-refractivity contribution in [2.75, 3.05) is 5.73 Å². The van der Waals surface area contributed by atoms with Gasteiger partial charge in [-0.05, 0) is 82.0 Å². The van der Waals surface area contributed by atoms with Crippen molar-refractivity contribution in [3.8, 4) is 16.9 Å². The Morgan fingerprint density at radius 1 is 1.03 bits per heavy atom. The van der Waals surface area contributed by atoms with Gasteiger partial charge in [0.2, 0.25) is 0 Å². The third-order valence-electron chi connectivity index (χ3n) is 6.07. The van der Waals surface area contributed by atoms with E-state index in [0.29, 0.717) is 17.9 Å². The number of amides is 1. The Hall–Kier alpha value is -3.38. The Balaban J connectivity index is 1.35. The van der Waals surface area contributed by atoms with Crippen LogP contribution in [0.4, 0.5) is 5.69 Å². The minimum Gasteiger partial charge on any atom is -0.489 e. The molecule has 1 saturated heterocycles. The Bertz CT molecular complexity index is 1140. The maximum absolute atomic E-state index is 12.8. The van der Waals surface area contributed by atoms with Gasteiger partial charge >= 0.3 is 0 Å². The van der Waals surface area contributed by atoms with Gasteiger partial charge in [-0.25, -0.2) is 0 Å². The summed E-state index contributed by atoms with van der Waals surface area (Å²) in [5, 5.41) is 6.88. The van der Waals surface area contributed by atoms with Crippen molar-refractivity contribution < 1.29 is 9.53 Å². The summed E-state index contributed by atoms with van der Waals surface area (Å²) in [6, 6.07) is 17.5. The lowest BCUT2D eigenvalue weighted by Crippen LogP contribution is -2.62. The fraction of sp³-hybridized carbons (Fsp3) is 0.357. The van der Waals surface area contributed by atoms with Gasteiger partial charge in [-0.1, -0.05) is 24.3 Å². The summed E-state index contributed by atoms with van der Waals surface area (Å²) in [7, 11) is 0. The number of carbonyl (C=O) groups excluding carboxylic acids is 1. The molecule has 0 spiro atoms. The standard InChI is InChI=1S/C28H34N4O2/c1-27(2)14-24(15-28(3,4)32-27)31-26(33)20-10-8-19(9-11-20)18-34-25-7-5-6-21(13-25)22-12-23(29)17-30-16-22/h5-13,16-17,24,32H,14-15,18,29H2,1-4H3,(H,31,33). The van der Waals surface area contributed by atoms with Gasteiger partial charge in [-0.2, -0.15) is 0 Å². The van der Waals surface area contributed by atoms with Gasteiger partial charge in [0.15, 0.2) is 0 Å². The molecule has 0 saturated carbocycles. The van der Waals surface area contributed by atoms with E-state index in [0.717, 1.165) is 35.3 Å². The number of aromatic nitrogens is 1. The number of anilines is 1. The molecule has 0 bridgehead atoms. The van der Waals surface area contributed by atoms with Gasteiger partial charge in [0.05, 0.1) is 5.69 Å². The Morgan fingerprint density at radius 3 is 2.41 bits per heavy atom. The minimum absolute atomic E-state index is 0.0121. The van der Waals surface area contributed by atoms with Gasteiger partial charge in [-0.3, -0.25) is 9.78 Å². The Morgan fingerprint density at radius 2 is 1.74 bits per heavy atom. The first-order valence-electron chi connectivity index (χ1n) is 11.7. The van der Waals surface area contributed by atoms with E-state index in [-0.39, 0.29) is 23.0 Å². The molecule has 0 radical (unpaired) electrons. The van der Waals surface area contributed by atoms with E-state index in [2.05, 4.69) is 43.3 Å². The number of nitrogens with one attached hydrogen (secondary N) is 2. The number of ether oxygens (including phenoxy) is 1. The van der Waals surface area contributed by atoms with Gasteiger partial charge in [0, 0.05) is 40.6 Å². The van der Waals surface area contributed by atoms with E-state index in [9.17, 15) is 4.79 Å². The molecule has 4 rings (SSSR count). The topological polar surface area (TPSA) is 89.3 Å². The third-order valence-corrected chi connectivity index (χ3v) is 6.07. The molecule has 1 aliphatic rings. The van der Waals surface area contributed by atoms with Crippen molar-refractivity contribution in [2.45, 2.75) is 64.3 Å². The molecule has 6 heteroatoms. The van der Waals surface area contributed by atoms with Crippen LogP contribution < -0.4 is 21.1 Å². The second-order valence-corrected chi connectivity index (χ2v) is 10.5. The smallest absolute Gasteiger partial charge is 0.251 e. The van der Waals surface area contributed by atoms with Crippen molar-refractivity contribution >= 4 is 11.6 Å². The highest BCUT2D eigenvalue weighted by Gasteiger charge is 2.38. The second-order valence-electron chi connectivity index (χ2n) is 10.5. The molecule has 1 aromatic heterocycles. The van der Waals surface area contributed by atoms with E-state index in [4.69, 9.17) is 10.5 Å². The predicted octanol–water partition coefficient (Wildman–Crippen LogP) is 4.95. The molecule has 0 atom stereocenters. The van der Waals surface area contributed by atoms with Gasteiger partial charge in [0.1, 0.15) is 12.4 Å². The van der Waals surface area contributed by atoms with Crippen LogP contribution in [0.25, 0.3) is 11.1 Å². The molecule has 0 aliphatic carbocycles. The largest absolute Gasteiger partial charge is 0.489 e. The average molecular weight is 459 g/mol. The second kappa shape index (κ2) is 9.47. The first kappa shape index (κ1) is 23.8. The van der Waals surface area contributed by atoms with Crippen molar-refractivity contribution in [3.63, 3.8) is 0 Å². The van der Waals surface area contributed by atoms with Crippen molar-refractivity contribution in [2.24, 2.45) is 0 Å². The van der Waals surface area contributed by atoms with Gasteiger partial charge in [0.25, 0.3) is 5.91 Å². The van der Waals surface area contributed by atoms with E-state index >= 15 is 0 Å². The van der Waals surface area contributed by atoms with E-state index in [1.165, 1.54) is 0 Å². The highest BCUT2D eigenvalue weighted by atomic mass is 16.5. The summed E-state index contributed by atoms with van der Waals surface area (Å²) in [5.74, 6) is 0.729. The number of carbonyl (C=O) groups is 1. The average Bonchev–Trinajstić information content (AvgIpc) is 2.76. The molecule has 1 amide bonds. The van der Waals surface area contributed by atoms with Gasteiger partial charge < -0.3 is 21.1 Å². The monoisotopic (exact) mass is 458 g/mol. The summed E-state index contributed by atoms with van der Waals surface area (Å²) in [6.45, 7) is 9.15. The van der Waals surface area contributed by atoms with E-state index in [1.807, 2.05) is 54.6 Å². The molecule has 2 aromatic carbocycles. The van der Waals surface area contributed by atoms with Crippen LogP contribution in [-0.2, 0) is 6.61 Å². The first-order chi connectivity index (χ1) is 16.1. The molecule has 2 heterocycles. The summed E-state index contributed by atoms with van der Waals surface area (Å²) in [4.78, 5) is 17.0. The maximum atomic E-state index is 12.8. The minimum atomic E-state index is -0.0330. The number of hydrogen-bond acceptors (Lipinski definition) is 5. The molecule has 34 heavy (non-hydrogen) atoms. The zero-order valence-electron chi connectivity index (χ0n) is 20.4. The van der Waals surface area contributed by atoms with Crippen molar-refractivity contribution in [3.05, 3.63) is 78.1 Å². The quantitative estimate of drug-likeness (QED) is 0.486. The zero-order chi connectivity index (χ0) is 24.3. The Labute approximate surface area is 201 Å². The number of nitrogens with zero attached hydrogens (tertiary/aromatic N) is 1. The lowest BCUT2D eigenvalue weighted by molar-refractivity contribution is 0.0873.